The van der Waals surface area contributed by atoms with Crippen molar-refractivity contribution in [2.75, 3.05) is 13.1 Å². The molecule has 1 heterocycles. The molecule has 0 aromatic rings. The van der Waals surface area contributed by atoms with E-state index in [9.17, 15) is 4.79 Å². The number of carbonyl (C=O) groups excluding carboxylic acids is 1. The minimum Gasteiger partial charge on any atom is -0.350 e. The van der Waals surface area contributed by atoms with Crippen LogP contribution in [0.15, 0.2) is 0 Å². The molecule has 1 amide bonds. The van der Waals surface area contributed by atoms with Crippen molar-refractivity contribution < 1.29 is 4.79 Å². The predicted octanol–water partition coefficient (Wildman–Crippen LogP) is 0.744. The Bertz CT molecular complexity index is 240. The maximum absolute atomic E-state index is 11.9. The van der Waals surface area contributed by atoms with E-state index in [-0.39, 0.29) is 35.9 Å². The number of nitrogens with two attached hydrogens (primary N) is 1. The van der Waals surface area contributed by atoms with Crippen LogP contribution in [-0.4, -0.2) is 41.5 Å². The van der Waals surface area contributed by atoms with Crippen molar-refractivity contribution in [1.29, 1.82) is 0 Å². The van der Waals surface area contributed by atoms with E-state index in [1.165, 1.54) is 0 Å². The Labute approximate surface area is 104 Å². The molecule has 0 radical (unpaired) electrons. The molecule has 0 bridgehead atoms. The summed E-state index contributed by atoms with van der Waals surface area (Å²) in [5.74, 6) is 0.0941. The summed E-state index contributed by atoms with van der Waals surface area (Å²) in [5, 5.41) is 2.99. The molecule has 4 nitrogen and oxygen atoms in total. The Balaban J connectivity index is 0.00000225. The zero-order valence-corrected chi connectivity index (χ0v) is 11.4. The number of likely N-dealkylation sites (tertiary alicyclic amines) is 1. The molecule has 0 aromatic carbocycles. The second-order valence-electron chi connectivity index (χ2n) is 5.46. The van der Waals surface area contributed by atoms with E-state index in [4.69, 9.17) is 5.73 Å². The van der Waals surface area contributed by atoms with Crippen molar-refractivity contribution >= 4 is 18.3 Å². The highest BCUT2D eigenvalue weighted by atomic mass is 35.5. The molecule has 1 fully saturated rings. The quantitative estimate of drug-likeness (QED) is 0.759. The zero-order chi connectivity index (χ0) is 11.6. The molecule has 1 aliphatic rings. The van der Waals surface area contributed by atoms with E-state index in [1.54, 1.807) is 0 Å². The lowest BCUT2D eigenvalue weighted by molar-refractivity contribution is -0.127. The van der Waals surface area contributed by atoms with Crippen LogP contribution in [0.25, 0.3) is 0 Å². The number of carbonyl (C=O) groups is 1. The van der Waals surface area contributed by atoms with Gasteiger partial charge in [-0.05, 0) is 34.1 Å². The Morgan fingerprint density at radius 1 is 1.50 bits per heavy atom. The third-order valence-electron chi connectivity index (χ3n) is 2.68. The van der Waals surface area contributed by atoms with Crippen LogP contribution in [0.3, 0.4) is 0 Å². The van der Waals surface area contributed by atoms with Crippen LogP contribution < -0.4 is 11.1 Å². The average molecular weight is 250 g/mol. The lowest BCUT2D eigenvalue weighted by Gasteiger charge is -2.28. The molecule has 0 aliphatic carbocycles. The van der Waals surface area contributed by atoms with E-state index in [0.717, 1.165) is 19.5 Å². The third kappa shape index (κ3) is 4.68. The molecule has 3 N–H and O–H groups in total. The number of rotatable bonds is 2. The number of amides is 1. The van der Waals surface area contributed by atoms with Crippen LogP contribution in [0, 0.1) is 0 Å². The summed E-state index contributed by atoms with van der Waals surface area (Å²) in [6.45, 7) is 9.69. The molecule has 16 heavy (non-hydrogen) atoms. The highest BCUT2D eigenvalue weighted by Crippen LogP contribution is 2.12. The summed E-state index contributed by atoms with van der Waals surface area (Å²) in [4.78, 5) is 14.0. The minimum absolute atomic E-state index is 0. The van der Waals surface area contributed by atoms with Crippen molar-refractivity contribution in [3.8, 4) is 0 Å². The molecule has 0 spiro atoms. The van der Waals surface area contributed by atoms with Gasteiger partial charge in [-0.15, -0.1) is 12.4 Å². The largest absolute Gasteiger partial charge is 0.350 e. The predicted molar refractivity (Wildman–Crippen MR) is 68.8 cm³/mol. The molecular formula is C11H24ClN3O. The summed E-state index contributed by atoms with van der Waals surface area (Å²) >= 11 is 0. The first-order chi connectivity index (χ1) is 6.79. The molecule has 5 heteroatoms. The highest BCUT2D eigenvalue weighted by molar-refractivity contribution is 5.85. The molecular weight excluding hydrogens is 226 g/mol. The Hall–Kier alpha value is -0.320. The number of halogens is 1. The Morgan fingerprint density at radius 2 is 2.06 bits per heavy atom. The van der Waals surface area contributed by atoms with Gasteiger partial charge in [0.15, 0.2) is 0 Å². The molecule has 0 saturated carbocycles. The molecule has 1 saturated heterocycles. The van der Waals surface area contributed by atoms with Crippen molar-refractivity contribution in [2.45, 2.75) is 51.7 Å². The first-order valence-electron chi connectivity index (χ1n) is 5.61. The first kappa shape index (κ1) is 15.7. The van der Waals surface area contributed by atoms with Gasteiger partial charge in [-0.3, -0.25) is 9.69 Å². The van der Waals surface area contributed by atoms with Gasteiger partial charge in [0.2, 0.25) is 5.91 Å². The van der Waals surface area contributed by atoms with E-state index >= 15 is 0 Å². The maximum Gasteiger partial charge on any atom is 0.237 e. The average Bonchev–Trinajstić information content (AvgIpc) is 2.47. The molecule has 2 atom stereocenters. The van der Waals surface area contributed by atoms with Crippen LogP contribution in [0.5, 0.6) is 0 Å². The smallest absolute Gasteiger partial charge is 0.237 e. The minimum atomic E-state index is -0.160. The number of nitrogens with one attached hydrogen (secondary N) is 1. The van der Waals surface area contributed by atoms with Crippen LogP contribution in [-0.2, 0) is 4.79 Å². The van der Waals surface area contributed by atoms with Crippen LogP contribution >= 0.6 is 12.4 Å². The zero-order valence-electron chi connectivity index (χ0n) is 10.6. The lowest BCUT2D eigenvalue weighted by Crippen LogP contribution is -2.50. The number of hydrogen-bond acceptors (Lipinski definition) is 3. The van der Waals surface area contributed by atoms with Crippen molar-refractivity contribution in [3.05, 3.63) is 0 Å². The fourth-order valence-corrected chi connectivity index (χ4v) is 1.81. The van der Waals surface area contributed by atoms with E-state index in [0.29, 0.717) is 0 Å². The van der Waals surface area contributed by atoms with E-state index in [1.807, 2.05) is 27.7 Å². The fourth-order valence-electron chi connectivity index (χ4n) is 1.81. The molecule has 2 unspecified atom stereocenters. The van der Waals surface area contributed by atoms with Gasteiger partial charge in [0.1, 0.15) is 0 Å². The Kier molecular flexibility index (Phi) is 5.73. The van der Waals surface area contributed by atoms with Crippen molar-refractivity contribution in [3.63, 3.8) is 0 Å². The SMILES string of the molecule is CC(C(=O)NC(C)(C)C)N1CCC(N)C1.Cl. The molecule has 96 valence electrons. The van der Waals surface area contributed by atoms with Crippen molar-refractivity contribution in [1.82, 2.24) is 10.2 Å². The third-order valence-corrected chi connectivity index (χ3v) is 2.68. The monoisotopic (exact) mass is 249 g/mol. The van der Waals surface area contributed by atoms with Crippen LogP contribution in [0.4, 0.5) is 0 Å². The van der Waals surface area contributed by atoms with Gasteiger partial charge in [-0.2, -0.15) is 0 Å². The fraction of sp³-hybridized carbons (Fsp3) is 0.909. The van der Waals surface area contributed by atoms with Crippen LogP contribution in [0.2, 0.25) is 0 Å². The standard InChI is InChI=1S/C11H23N3O.ClH/c1-8(10(15)13-11(2,3)4)14-6-5-9(12)7-14;/h8-9H,5-7,12H2,1-4H3,(H,13,15);1H. The van der Waals surface area contributed by atoms with Gasteiger partial charge in [-0.25, -0.2) is 0 Å². The van der Waals surface area contributed by atoms with E-state index < -0.39 is 0 Å². The van der Waals surface area contributed by atoms with Gasteiger partial charge in [0.25, 0.3) is 0 Å². The maximum atomic E-state index is 11.9. The summed E-state index contributed by atoms with van der Waals surface area (Å²) in [5.41, 5.74) is 5.66. The second-order valence-corrected chi connectivity index (χ2v) is 5.46. The van der Waals surface area contributed by atoms with Gasteiger partial charge in [0.05, 0.1) is 6.04 Å². The summed E-state index contributed by atoms with van der Waals surface area (Å²) in [7, 11) is 0. The number of hydrogen-bond donors (Lipinski definition) is 2. The molecule has 1 rings (SSSR count). The topological polar surface area (TPSA) is 58.4 Å². The normalized spacial score (nSPS) is 23.7. The lowest BCUT2D eigenvalue weighted by atomic mass is 10.1. The van der Waals surface area contributed by atoms with Gasteiger partial charge in [-0.1, -0.05) is 0 Å². The first-order valence-corrected chi connectivity index (χ1v) is 5.61. The summed E-state index contributed by atoms with van der Waals surface area (Å²) < 4.78 is 0. The van der Waals surface area contributed by atoms with Crippen LogP contribution in [0.1, 0.15) is 34.1 Å². The highest BCUT2D eigenvalue weighted by Gasteiger charge is 2.29. The van der Waals surface area contributed by atoms with Gasteiger partial charge in [0, 0.05) is 24.7 Å². The molecule has 1 aliphatic heterocycles. The summed E-state index contributed by atoms with van der Waals surface area (Å²) in [6.07, 6.45) is 0.993. The van der Waals surface area contributed by atoms with Gasteiger partial charge < -0.3 is 11.1 Å². The summed E-state index contributed by atoms with van der Waals surface area (Å²) in [6, 6.07) is 0.160. The second kappa shape index (κ2) is 5.84. The Morgan fingerprint density at radius 3 is 2.44 bits per heavy atom. The number of nitrogens with zero attached hydrogens (tertiary/aromatic N) is 1. The van der Waals surface area contributed by atoms with Crippen molar-refractivity contribution in [2.24, 2.45) is 5.73 Å². The van der Waals surface area contributed by atoms with Gasteiger partial charge >= 0.3 is 0 Å². The van der Waals surface area contributed by atoms with E-state index in [2.05, 4.69) is 10.2 Å². The molecule has 0 aromatic heterocycles.